The summed E-state index contributed by atoms with van der Waals surface area (Å²) in [6, 6.07) is 6.57. The van der Waals surface area contributed by atoms with Crippen LogP contribution >= 0.6 is 11.8 Å². The third-order valence-corrected chi connectivity index (χ3v) is 4.50. The first-order valence-electron chi connectivity index (χ1n) is 7.25. The minimum Gasteiger partial charge on any atom is -0.396 e. The lowest BCUT2D eigenvalue weighted by Gasteiger charge is -2.30. The number of piperidine rings is 1. The van der Waals surface area contributed by atoms with E-state index in [-0.39, 0.29) is 19.1 Å². The van der Waals surface area contributed by atoms with Crippen LogP contribution in [0, 0.1) is 5.92 Å². The third kappa shape index (κ3) is 5.23. The van der Waals surface area contributed by atoms with Crippen LogP contribution < -0.4 is 5.32 Å². The minimum absolute atomic E-state index is 0.193. The third-order valence-electron chi connectivity index (χ3n) is 3.71. The summed E-state index contributed by atoms with van der Waals surface area (Å²) in [4.78, 5) is 14.5. The summed E-state index contributed by atoms with van der Waals surface area (Å²) in [6.45, 7) is 1.97. The molecule has 1 aliphatic rings. The molecule has 4 nitrogen and oxygen atoms in total. The Morgan fingerprint density at radius 1 is 1.36 bits per heavy atom. The zero-order valence-electron chi connectivity index (χ0n) is 12.2. The Balaban J connectivity index is 1.87. The summed E-state index contributed by atoms with van der Waals surface area (Å²) in [6.07, 6.45) is 1.75. The smallest absolute Gasteiger partial charge is 0.288 e. The van der Waals surface area contributed by atoms with E-state index in [1.54, 1.807) is 24.3 Å². The molecule has 22 heavy (non-hydrogen) atoms. The number of nitrogens with zero attached hydrogens (tertiary/aromatic N) is 1. The summed E-state index contributed by atoms with van der Waals surface area (Å²) in [5.41, 5.74) is 0.419. The largest absolute Gasteiger partial charge is 0.396 e. The highest BCUT2D eigenvalue weighted by atomic mass is 32.2. The van der Waals surface area contributed by atoms with Crippen molar-refractivity contribution in [2.24, 2.45) is 5.92 Å². The van der Waals surface area contributed by atoms with E-state index in [0.29, 0.717) is 28.3 Å². The van der Waals surface area contributed by atoms with E-state index in [1.165, 1.54) is 0 Å². The number of amides is 1. The molecule has 122 valence electrons. The Hall–Kier alpha value is -1.18. The topological polar surface area (TPSA) is 52.6 Å². The number of thioether (sulfide) groups is 1. The molecule has 0 aromatic heterocycles. The van der Waals surface area contributed by atoms with Crippen LogP contribution in [0.15, 0.2) is 29.2 Å². The average molecular weight is 330 g/mol. The fraction of sp³-hybridized carbons (Fsp3) is 0.533. The van der Waals surface area contributed by atoms with Crippen molar-refractivity contribution in [1.29, 1.82) is 0 Å². The van der Waals surface area contributed by atoms with Crippen LogP contribution in [0.2, 0.25) is 0 Å². The SMILES string of the molecule is O=C(CN1CCC(CO)CC1)Nc1ccccc1SC(F)F. The van der Waals surface area contributed by atoms with Gasteiger partial charge in [-0.25, -0.2) is 0 Å². The number of carbonyl (C=O) groups is 1. The number of anilines is 1. The molecular formula is C15H20F2N2O2S. The van der Waals surface area contributed by atoms with E-state index in [2.05, 4.69) is 5.32 Å². The number of hydrogen-bond acceptors (Lipinski definition) is 4. The van der Waals surface area contributed by atoms with Crippen LogP contribution in [0.4, 0.5) is 14.5 Å². The molecule has 1 aromatic rings. The van der Waals surface area contributed by atoms with Gasteiger partial charge in [0, 0.05) is 11.5 Å². The number of likely N-dealkylation sites (tertiary alicyclic amines) is 1. The maximum atomic E-state index is 12.5. The summed E-state index contributed by atoms with van der Waals surface area (Å²) in [5.74, 6) is -2.40. The first kappa shape index (κ1) is 17.2. The van der Waals surface area contributed by atoms with Gasteiger partial charge in [-0.2, -0.15) is 8.78 Å². The molecule has 0 spiro atoms. The zero-order chi connectivity index (χ0) is 15.9. The number of nitrogens with one attached hydrogen (secondary N) is 1. The predicted molar refractivity (Wildman–Crippen MR) is 83.2 cm³/mol. The first-order chi connectivity index (χ1) is 10.6. The molecule has 0 radical (unpaired) electrons. The quantitative estimate of drug-likeness (QED) is 0.788. The van der Waals surface area contributed by atoms with E-state index in [1.807, 2.05) is 4.90 Å². The molecule has 0 saturated carbocycles. The molecule has 1 amide bonds. The fourth-order valence-corrected chi connectivity index (χ4v) is 3.08. The maximum absolute atomic E-state index is 12.5. The van der Waals surface area contributed by atoms with Crippen molar-refractivity contribution in [1.82, 2.24) is 4.90 Å². The number of alkyl halides is 2. The van der Waals surface area contributed by atoms with Gasteiger partial charge in [-0.3, -0.25) is 9.69 Å². The number of aliphatic hydroxyl groups excluding tert-OH is 1. The highest BCUT2D eigenvalue weighted by molar-refractivity contribution is 7.99. The second-order valence-electron chi connectivity index (χ2n) is 5.32. The number of aliphatic hydroxyl groups is 1. The second-order valence-corrected chi connectivity index (χ2v) is 6.36. The van der Waals surface area contributed by atoms with Gasteiger partial charge in [0.1, 0.15) is 0 Å². The normalized spacial score (nSPS) is 16.9. The Morgan fingerprint density at radius 2 is 2.05 bits per heavy atom. The monoisotopic (exact) mass is 330 g/mol. The number of rotatable bonds is 6. The van der Waals surface area contributed by atoms with Gasteiger partial charge in [0.25, 0.3) is 5.76 Å². The predicted octanol–water partition coefficient (Wildman–Crippen LogP) is 2.64. The van der Waals surface area contributed by atoms with Gasteiger partial charge in [0.05, 0.1) is 12.2 Å². The fourth-order valence-electron chi connectivity index (χ4n) is 2.49. The Labute approximate surface area is 132 Å². The lowest BCUT2D eigenvalue weighted by Crippen LogP contribution is -2.39. The van der Waals surface area contributed by atoms with E-state index in [9.17, 15) is 13.6 Å². The molecule has 2 rings (SSSR count). The summed E-state index contributed by atoms with van der Waals surface area (Å²) in [5, 5.41) is 11.8. The number of carbonyl (C=O) groups excluding carboxylic acids is 1. The Morgan fingerprint density at radius 3 is 2.68 bits per heavy atom. The molecule has 1 aliphatic heterocycles. The molecule has 0 unspecified atom stereocenters. The van der Waals surface area contributed by atoms with Gasteiger partial charge in [-0.15, -0.1) is 0 Å². The van der Waals surface area contributed by atoms with E-state index < -0.39 is 5.76 Å². The van der Waals surface area contributed by atoms with E-state index in [0.717, 1.165) is 25.9 Å². The Kier molecular flexibility index (Phi) is 6.60. The second kappa shape index (κ2) is 8.45. The van der Waals surface area contributed by atoms with E-state index >= 15 is 0 Å². The van der Waals surface area contributed by atoms with Crippen molar-refractivity contribution in [2.75, 3.05) is 31.6 Å². The average Bonchev–Trinajstić information content (AvgIpc) is 2.49. The molecule has 0 aliphatic carbocycles. The number of benzene rings is 1. The zero-order valence-corrected chi connectivity index (χ0v) is 13.0. The lowest BCUT2D eigenvalue weighted by molar-refractivity contribution is -0.117. The molecule has 1 aromatic carbocycles. The van der Waals surface area contributed by atoms with Crippen LogP contribution in [-0.4, -0.2) is 47.9 Å². The maximum Gasteiger partial charge on any atom is 0.288 e. The molecule has 0 atom stereocenters. The van der Waals surface area contributed by atoms with Crippen molar-refractivity contribution in [3.05, 3.63) is 24.3 Å². The summed E-state index contributed by atoms with van der Waals surface area (Å²) < 4.78 is 25.0. The van der Waals surface area contributed by atoms with Crippen molar-refractivity contribution in [3.63, 3.8) is 0 Å². The number of hydrogen-bond donors (Lipinski definition) is 2. The molecular weight excluding hydrogens is 310 g/mol. The number of para-hydroxylation sites is 1. The van der Waals surface area contributed by atoms with Gasteiger partial charge < -0.3 is 10.4 Å². The van der Waals surface area contributed by atoms with Crippen molar-refractivity contribution in [2.45, 2.75) is 23.5 Å². The van der Waals surface area contributed by atoms with Crippen molar-refractivity contribution < 1.29 is 18.7 Å². The molecule has 0 bridgehead atoms. The summed E-state index contributed by atoms with van der Waals surface area (Å²) in [7, 11) is 0. The Bertz CT molecular complexity index is 494. The van der Waals surface area contributed by atoms with Crippen molar-refractivity contribution >= 4 is 23.4 Å². The molecule has 7 heteroatoms. The van der Waals surface area contributed by atoms with Crippen LogP contribution in [0.25, 0.3) is 0 Å². The van der Waals surface area contributed by atoms with Crippen LogP contribution in [-0.2, 0) is 4.79 Å². The first-order valence-corrected chi connectivity index (χ1v) is 8.13. The summed E-state index contributed by atoms with van der Waals surface area (Å²) >= 11 is 0.427. The van der Waals surface area contributed by atoms with Crippen LogP contribution in [0.5, 0.6) is 0 Å². The molecule has 1 fully saturated rings. The number of halogens is 2. The standard InChI is InChI=1S/C15H20F2N2O2S/c16-15(17)22-13-4-2-1-3-12(13)18-14(21)9-19-7-5-11(10-20)6-8-19/h1-4,11,15,20H,5-10H2,(H,18,21). The van der Waals surface area contributed by atoms with Gasteiger partial charge in [-0.05, 0) is 44.0 Å². The highest BCUT2D eigenvalue weighted by Crippen LogP contribution is 2.31. The van der Waals surface area contributed by atoms with Crippen LogP contribution in [0.3, 0.4) is 0 Å². The minimum atomic E-state index is -2.52. The molecule has 1 saturated heterocycles. The van der Waals surface area contributed by atoms with Crippen molar-refractivity contribution in [3.8, 4) is 0 Å². The van der Waals surface area contributed by atoms with Gasteiger partial charge in [0.2, 0.25) is 5.91 Å². The van der Waals surface area contributed by atoms with Crippen LogP contribution in [0.1, 0.15) is 12.8 Å². The van der Waals surface area contributed by atoms with E-state index in [4.69, 9.17) is 5.11 Å². The van der Waals surface area contributed by atoms with Gasteiger partial charge in [-0.1, -0.05) is 23.9 Å². The van der Waals surface area contributed by atoms with Gasteiger partial charge >= 0.3 is 0 Å². The molecule has 1 heterocycles. The highest BCUT2D eigenvalue weighted by Gasteiger charge is 2.20. The van der Waals surface area contributed by atoms with Gasteiger partial charge in [0.15, 0.2) is 0 Å². The molecule has 2 N–H and O–H groups in total. The lowest BCUT2D eigenvalue weighted by atomic mass is 9.98.